The highest BCUT2D eigenvalue weighted by Gasteiger charge is 2.23. The molecule has 0 saturated heterocycles. The second-order valence-electron chi connectivity index (χ2n) is 4.93. The normalized spacial score (nSPS) is 11.2. The number of benzene rings is 1. The van der Waals surface area contributed by atoms with Crippen molar-refractivity contribution in [3.63, 3.8) is 0 Å². The van der Waals surface area contributed by atoms with Crippen LogP contribution in [0.1, 0.15) is 31.1 Å². The summed E-state index contributed by atoms with van der Waals surface area (Å²) >= 11 is 0. The van der Waals surface area contributed by atoms with Crippen molar-refractivity contribution in [1.29, 1.82) is 0 Å². The molecule has 0 radical (unpaired) electrons. The lowest BCUT2D eigenvalue weighted by atomic mass is 10.1. The van der Waals surface area contributed by atoms with Gasteiger partial charge in [0.05, 0.1) is 30.0 Å². The van der Waals surface area contributed by atoms with Gasteiger partial charge in [-0.1, -0.05) is 6.07 Å². The monoisotopic (exact) mass is 266 g/mol. The summed E-state index contributed by atoms with van der Waals surface area (Å²) in [7, 11) is 1.60. The molecule has 106 valence electrons. The fraction of sp³-hybridized carbons (Fsp3) is 0.500. The van der Waals surface area contributed by atoms with E-state index < -0.39 is 5.54 Å². The van der Waals surface area contributed by atoms with Crippen molar-refractivity contribution in [2.24, 2.45) is 0 Å². The molecule has 0 heterocycles. The molecule has 0 aromatic heterocycles. The molecule has 1 rings (SSSR count). The van der Waals surface area contributed by atoms with E-state index in [0.717, 1.165) is 0 Å². The van der Waals surface area contributed by atoms with E-state index in [1.807, 2.05) is 20.8 Å². The number of carbonyl (C=O) groups excluding carboxylic acids is 1. The summed E-state index contributed by atoms with van der Waals surface area (Å²) < 4.78 is 10.5. The Morgan fingerprint density at radius 3 is 2.68 bits per heavy atom. The smallest absolute Gasteiger partial charge is 0.255 e. The summed E-state index contributed by atoms with van der Waals surface area (Å²) in [6, 6.07) is 5.14. The zero-order chi connectivity index (χ0) is 14.5. The molecule has 0 atom stereocenters. The Bertz CT molecular complexity index is 444. The number of rotatable bonds is 6. The van der Waals surface area contributed by atoms with Gasteiger partial charge in [-0.15, -0.1) is 0 Å². The second kappa shape index (κ2) is 6.43. The van der Waals surface area contributed by atoms with E-state index in [0.29, 0.717) is 30.2 Å². The highest BCUT2D eigenvalue weighted by Crippen LogP contribution is 2.26. The van der Waals surface area contributed by atoms with Crippen molar-refractivity contribution >= 4 is 11.6 Å². The van der Waals surface area contributed by atoms with Crippen LogP contribution in [0.5, 0.6) is 5.75 Å². The van der Waals surface area contributed by atoms with Gasteiger partial charge in [-0.05, 0) is 32.9 Å². The molecule has 0 spiro atoms. The van der Waals surface area contributed by atoms with Crippen molar-refractivity contribution in [2.45, 2.75) is 26.3 Å². The van der Waals surface area contributed by atoms with Gasteiger partial charge in [-0.25, -0.2) is 0 Å². The summed E-state index contributed by atoms with van der Waals surface area (Å²) in [6.07, 6.45) is 0. The number of nitrogens with one attached hydrogen (secondary N) is 1. The molecule has 0 aliphatic rings. The zero-order valence-corrected chi connectivity index (χ0v) is 11.9. The van der Waals surface area contributed by atoms with Crippen LogP contribution in [0, 0.1) is 0 Å². The highest BCUT2D eigenvalue weighted by atomic mass is 16.5. The maximum atomic E-state index is 12.3. The number of nitrogen functional groups attached to an aromatic ring is 1. The van der Waals surface area contributed by atoms with Crippen LogP contribution in [0.25, 0.3) is 0 Å². The Kier molecular flexibility index (Phi) is 5.18. The minimum Gasteiger partial charge on any atom is -0.491 e. The summed E-state index contributed by atoms with van der Waals surface area (Å²) in [5.74, 6) is 0.202. The Balaban J connectivity index is 2.96. The molecule has 0 aliphatic carbocycles. The van der Waals surface area contributed by atoms with Gasteiger partial charge in [-0.2, -0.15) is 0 Å². The minimum atomic E-state index is -0.458. The van der Waals surface area contributed by atoms with Gasteiger partial charge in [0, 0.05) is 7.11 Å². The van der Waals surface area contributed by atoms with Crippen LogP contribution in [0.4, 0.5) is 5.69 Å². The fourth-order valence-electron chi connectivity index (χ4n) is 1.81. The number of para-hydroxylation sites is 1. The van der Waals surface area contributed by atoms with E-state index >= 15 is 0 Å². The third kappa shape index (κ3) is 4.13. The Hall–Kier alpha value is -1.75. The van der Waals surface area contributed by atoms with Crippen molar-refractivity contribution in [3.05, 3.63) is 23.8 Å². The number of nitrogens with two attached hydrogens (primary N) is 1. The summed E-state index contributed by atoms with van der Waals surface area (Å²) in [5, 5.41) is 2.90. The molecule has 0 saturated carbocycles. The number of methoxy groups -OCH3 is 1. The minimum absolute atomic E-state index is 0.224. The second-order valence-corrected chi connectivity index (χ2v) is 4.93. The zero-order valence-electron chi connectivity index (χ0n) is 11.9. The van der Waals surface area contributed by atoms with E-state index in [9.17, 15) is 4.79 Å². The number of carbonyl (C=O) groups is 1. The Morgan fingerprint density at radius 2 is 2.11 bits per heavy atom. The fourth-order valence-corrected chi connectivity index (χ4v) is 1.81. The van der Waals surface area contributed by atoms with Crippen molar-refractivity contribution in [1.82, 2.24) is 5.32 Å². The third-order valence-corrected chi connectivity index (χ3v) is 2.54. The van der Waals surface area contributed by atoms with E-state index in [2.05, 4.69) is 5.32 Å². The lowest BCUT2D eigenvalue weighted by Crippen LogP contribution is -2.46. The largest absolute Gasteiger partial charge is 0.491 e. The molecule has 1 aromatic rings. The van der Waals surface area contributed by atoms with Gasteiger partial charge >= 0.3 is 0 Å². The first kappa shape index (κ1) is 15.3. The van der Waals surface area contributed by atoms with Crippen LogP contribution < -0.4 is 15.8 Å². The molecule has 0 unspecified atom stereocenters. The molecule has 0 bridgehead atoms. The first-order valence-corrected chi connectivity index (χ1v) is 6.24. The van der Waals surface area contributed by atoms with Gasteiger partial charge < -0.3 is 20.5 Å². The standard InChI is InChI=1S/C14H22N2O3/c1-5-19-12-10(7-6-8-11(12)15)13(17)16-14(2,3)9-18-4/h6-8H,5,9,15H2,1-4H3,(H,16,17). The molecule has 0 fully saturated rings. The Labute approximate surface area is 114 Å². The molecule has 19 heavy (non-hydrogen) atoms. The summed E-state index contributed by atoms with van der Waals surface area (Å²) in [4.78, 5) is 12.3. The first-order chi connectivity index (χ1) is 8.91. The van der Waals surface area contributed by atoms with Crippen molar-refractivity contribution in [3.8, 4) is 5.75 Å². The summed E-state index contributed by atoms with van der Waals surface area (Å²) in [5.41, 5.74) is 6.27. The molecular weight excluding hydrogens is 244 g/mol. The highest BCUT2D eigenvalue weighted by molar-refractivity contribution is 5.99. The van der Waals surface area contributed by atoms with E-state index in [1.54, 1.807) is 25.3 Å². The Morgan fingerprint density at radius 1 is 1.42 bits per heavy atom. The number of anilines is 1. The average molecular weight is 266 g/mol. The predicted octanol–water partition coefficient (Wildman–Crippen LogP) is 1.82. The van der Waals surface area contributed by atoms with Gasteiger partial charge in [0.25, 0.3) is 5.91 Å². The van der Waals surface area contributed by atoms with Gasteiger partial charge in [0.1, 0.15) is 0 Å². The van der Waals surface area contributed by atoms with Crippen LogP contribution >= 0.6 is 0 Å². The van der Waals surface area contributed by atoms with E-state index in [1.165, 1.54) is 0 Å². The lowest BCUT2D eigenvalue weighted by molar-refractivity contribution is 0.0816. The van der Waals surface area contributed by atoms with Crippen LogP contribution in [0.15, 0.2) is 18.2 Å². The van der Waals surface area contributed by atoms with Crippen LogP contribution in [-0.2, 0) is 4.74 Å². The number of amides is 1. The molecule has 1 aromatic carbocycles. The molecule has 5 nitrogen and oxygen atoms in total. The van der Waals surface area contributed by atoms with Crippen LogP contribution in [-0.4, -0.2) is 31.8 Å². The van der Waals surface area contributed by atoms with Gasteiger partial charge in [-0.3, -0.25) is 4.79 Å². The molecule has 5 heteroatoms. The number of hydrogen-bond donors (Lipinski definition) is 2. The van der Waals surface area contributed by atoms with Crippen molar-refractivity contribution < 1.29 is 14.3 Å². The van der Waals surface area contributed by atoms with Crippen LogP contribution in [0.3, 0.4) is 0 Å². The molecule has 1 amide bonds. The topological polar surface area (TPSA) is 73.6 Å². The van der Waals surface area contributed by atoms with Crippen molar-refractivity contribution in [2.75, 3.05) is 26.1 Å². The maximum absolute atomic E-state index is 12.3. The number of hydrogen-bond acceptors (Lipinski definition) is 4. The molecule has 0 aliphatic heterocycles. The van der Waals surface area contributed by atoms with Gasteiger partial charge in [0.2, 0.25) is 0 Å². The SMILES string of the molecule is CCOc1c(N)cccc1C(=O)NC(C)(C)COC. The molecule has 3 N–H and O–H groups in total. The maximum Gasteiger partial charge on any atom is 0.255 e. The van der Waals surface area contributed by atoms with E-state index in [4.69, 9.17) is 15.2 Å². The first-order valence-electron chi connectivity index (χ1n) is 6.24. The quantitative estimate of drug-likeness (QED) is 0.770. The predicted molar refractivity (Wildman–Crippen MR) is 75.4 cm³/mol. The van der Waals surface area contributed by atoms with Crippen LogP contribution in [0.2, 0.25) is 0 Å². The van der Waals surface area contributed by atoms with E-state index in [-0.39, 0.29) is 5.91 Å². The third-order valence-electron chi connectivity index (χ3n) is 2.54. The average Bonchev–Trinajstić information content (AvgIpc) is 2.31. The molecular formula is C14H22N2O3. The summed E-state index contributed by atoms with van der Waals surface area (Å²) in [6.45, 7) is 6.51. The van der Waals surface area contributed by atoms with Gasteiger partial charge in [0.15, 0.2) is 5.75 Å². The number of ether oxygens (including phenoxy) is 2. The lowest BCUT2D eigenvalue weighted by Gasteiger charge is -2.25.